The smallest absolute Gasteiger partial charge is 0.307 e. The van der Waals surface area contributed by atoms with E-state index in [0.29, 0.717) is 19.4 Å². The number of anilines is 1. The molecule has 37 heavy (non-hydrogen) atoms. The van der Waals surface area contributed by atoms with Crippen LogP contribution in [0.3, 0.4) is 0 Å². The van der Waals surface area contributed by atoms with Gasteiger partial charge in [-0.3, -0.25) is 9.69 Å². The molecule has 1 aliphatic carbocycles. The lowest BCUT2D eigenvalue weighted by molar-refractivity contribution is -0.146. The number of imidazole rings is 1. The molecule has 2 aromatic carbocycles. The van der Waals surface area contributed by atoms with Crippen LogP contribution in [0.25, 0.3) is 11.0 Å². The number of hydrogen-bond donors (Lipinski definition) is 1. The van der Waals surface area contributed by atoms with E-state index >= 15 is 0 Å². The molecular weight excluding hydrogens is 494 g/mol. The summed E-state index contributed by atoms with van der Waals surface area (Å²) in [7, 11) is 4.01. The molecule has 198 valence electrons. The molecule has 2 aliphatic rings. The van der Waals surface area contributed by atoms with E-state index in [4.69, 9.17) is 0 Å². The average Bonchev–Trinajstić information content (AvgIpc) is 3.35. The fourth-order valence-electron chi connectivity index (χ4n) is 6.14. The van der Waals surface area contributed by atoms with E-state index in [-0.39, 0.29) is 30.8 Å². The summed E-state index contributed by atoms with van der Waals surface area (Å²) in [5, 5.41) is 10.0. The number of carbonyl (C=O) groups is 1. The van der Waals surface area contributed by atoms with E-state index in [1.165, 1.54) is 0 Å². The van der Waals surface area contributed by atoms with Crippen LogP contribution in [0.5, 0.6) is 0 Å². The Morgan fingerprint density at radius 1 is 1.19 bits per heavy atom. The Labute approximate surface area is 220 Å². The van der Waals surface area contributed by atoms with Crippen molar-refractivity contribution in [3.8, 4) is 0 Å². The average molecular weight is 529 g/mol. The molecule has 1 saturated heterocycles. The van der Waals surface area contributed by atoms with Crippen LogP contribution in [-0.2, 0) is 11.8 Å². The summed E-state index contributed by atoms with van der Waals surface area (Å²) >= 11 is 1.60. The first kappa shape index (κ1) is 26.0. The number of halogens is 2. The third-order valence-electron chi connectivity index (χ3n) is 8.22. The molecule has 0 bridgehead atoms. The van der Waals surface area contributed by atoms with E-state index in [9.17, 15) is 18.7 Å². The Kier molecular flexibility index (Phi) is 6.96. The number of benzene rings is 2. The van der Waals surface area contributed by atoms with E-state index < -0.39 is 17.8 Å². The van der Waals surface area contributed by atoms with Crippen LogP contribution in [0.4, 0.5) is 14.5 Å². The van der Waals surface area contributed by atoms with Gasteiger partial charge >= 0.3 is 5.97 Å². The van der Waals surface area contributed by atoms with Gasteiger partial charge < -0.3 is 14.0 Å². The fourth-order valence-corrected chi connectivity index (χ4v) is 6.98. The lowest BCUT2D eigenvalue weighted by Gasteiger charge is -2.42. The highest BCUT2D eigenvalue weighted by molar-refractivity contribution is 8.00. The molecular formula is C28H34F2N4O2S. The van der Waals surface area contributed by atoms with Crippen LogP contribution in [-0.4, -0.2) is 57.6 Å². The zero-order chi connectivity index (χ0) is 26.5. The number of carboxylic acid groups (broad SMARTS) is 1. The highest BCUT2D eigenvalue weighted by atomic mass is 32.2. The molecule has 3 aromatic rings. The Balaban J connectivity index is 1.32. The molecule has 1 aromatic heterocycles. The zero-order valence-corrected chi connectivity index (χ0v) is 22.5. The SMILES string of the molecule is Cc1nc2cc(SN(C)c3ccc([C@@H]4CC(N5CCC(F)(F)C5)C[C@H](C)C4C(=O)O)cc3)ccc2n1C. The molecule has 4 atom stereocenters. The van der Waals surface area contributed by atoms with Crippen molar-refractivity contribution in [3.05, 3.63) is 53.9 Å². The van der Waals surface area contributed by atoms with Gasteiger partial charge in [0.2, 0.25) is 0 Å². The maximum atomic E-state index is 13.9. The first-order chi connectivity index (χ1) is 17.5. The molecule has 1 aliphatic heterocycles. The third kappa shape index (κ3) is 5.21. The Morgan fingerprint density at radius 2 is 1.92 bits per heavy atom. The molecule has 1 N–H and O–H groups in total. The van der Waals surface area contributed by atoms with Crippen molar-refractivity contribution in [2.75, 3.05) is 24.4 Å². The number of fused-ring (bicyclic) bond motifs is 1. The second-order valence-electron chi connectivity index (χ2n) is 10.7. The number of likely N-dealkylation sites (tertiary alicyclic amines) is 1. The van der Waals surface area contributed by atoms with E-state index in [2.05, 4.69) is 32.1 Å². The fraction of sp³-hybridized carbons (Fsp3) is 0.500. The van der Waals surface area contributed by atoms with Crippen molar-refractivity contribution in [1.29, 1.82) is 0 Å². The summed E-state index contributed by atoms with van der Waals surface area (Å²) in [6, 6.07) is 14.3. The van der Waals surface area contributed by atoms with Crippen LogP contribution in [0, 0.1) is 18.8 Å². The van der Waals surface area contributed by atoms with Gasteiger partial charge in [0, 0.05) is 43.7 Å². The standard InChI is InChI=1S/C28H34F2N4O2S/c1-17-13-21(34-12-11-28(29,30)16-34)14-23(26(17)27(35)36)19-5-7-20(8-6-19)33(4)37-22-9-10-25-24(15-22)31-18(2)32(25)3/h5-10,15,17,21,23,26H,11-14,16H2,1-4H3,(H,35,36)/t17-,21?,23-,26?/m0/s1. The van der Waals surface area contributed by atoms with E-state index in [0.717, 1.165) is 33.0 Å². The maximum absolute atomic E-state index is 13.9. The molecule has 0 radical (unpaired) electrons. The quantitative estimate of drug-likeness (QED) is 0.399. The van der Waals surface area contributed by atoms with Crippen molar-refractivity contribution in [3.63, 3.8) is 0 Å². The second-order valence-corrected chi connectivity index (χ2v) is 11.9. The molecule has 1 saturated carbocycles. The van der Waals surface area contributed by atoms with Gasteiger partial charge in [0.05, 0.1) is 23.5 Å². The van der Waals surface area contributed by atoms with Crippen LogP contribution >= 0.6 is 11.9 Å². The number of hydrogen-bond acceptors (Lipinski definition) is 5. The predicted molar refractivity (Wildman–Crippen MR) is 143 cm³/mol. The van der Waals surface area contributed by atoms with Gasteiger partial charge in [-0.1, -0.05) is 19.1 Å². The van der Waals surface area contributed by atoms with Gasteiger partial charge in [-0.05, 0) is 79.4 Å². The highest BCUT2D eigenvalue weighted by Gasteiger charge is 2.46. The summed E-state index contributed by atoms with van der Waals surface area (Å²) in [5.41, 5.74) is 4.02. The number of alkyl halides is 2. The van der Waals surface area contributed by atoms with Crippen molar-refractivity contribution >= 4 is 34.6 Å². The van der Waals surface area contributed by atoms with Gasteiger partial charge in [0.1, 0.15) is 5.82 Å². The van der Waals surface area contributed by atoms with Crippen molar-refractivity contribution in [2.24, 2.45) is 18.9 Å². The molecule has 2 unspecified atom stereocenters. The molecule has 2 fully saturated rings. The number of carboxylic acids is 1. The Morgan fingerprint density at radius 3 is 2.57 bits per heavy atom. The summed E-state index contributed by atoms with van der Waals surface area (Å²) < 4.78 is 31.9. The normalized spacial score (nSPS) is 26.0. The zero-order valence-electron chi connectivity index (χ0n) is 21.7. The molecule has 5 rings (SSSR count). The topological polar surface area (TPSA) is 61.6 Å². The lowest BCUT2D eigenvalue weighted by Crippen LogP contribution is -2.45. The van der Waals surface area contributed by atoms with Crippen molar-refractivity contribution in [2.45, 2.75) is 55.9 Å². The van der Waals surface area contributed by atoms with Gasteiger partial charge in [-0.25, -0.2) is 13.8 Å². The minimum absolute atomic E-state index is 0.0213. The van der Waals surface area contributed by atoms with Gasteiger partial charge in [0.25, 0.3) is 5.92 Å². The lowest BCUT2D eigenvalue weighted by atomic mass is 9.68. The van der Waals surface area contributed by atoms with E-state index in [1.54, 1.807) is 11.9 Å². The summed E-state index contributed by atoms with van der Waals surface area (Å²) in [5.74, 6) is -3.29. The first-order valence-corrected chi connectivity index (χ1v) is 13.6. The summed E-state index contributed by atoms with van der Waals surface area (Å²) in [6.07, 6.45) is 1.11. The minimum atomic E-state index is -2.65. The minimum Gasteiger partial charge on any atom is -0.481 e. The monoisotopic (exact) mass is 528 g/mol. The summed E-state index contributed by atoms with van der Waals surface area (Å²) in [6.45, 7) is 4.09. The largest absolute Gasteiger partial charge is 0.481 e. The third-order valence-corrected chi connectivity index (χ3v) is 9.17. The summed E-state index contributed by atoms with van der Waals surface area (Å²) in [4.78, 5) is 19.8. The van der Waals surface area contributed by atoms with Crippen LogP contribution in [0.2, 0.25) is 0 Å². The Bertz CT molecular complexity index is 1300. The number of aliphatic carboxylic acids is 1. The van der Waals surface area contributed by atoms with Gasteiger partial charge in [-0.15, -0.1) is 0 Å². The molecule has 2 heterocycles. The molecule has 6 nitrogen and oxygen atoms in total. The Hall–Kier alpha value is -2.65. The molecule has 9 heteroatoms. The second kappa shape index (κ2) is 9.91. The molecule has 0 spiro atoms. The number of aromatic nitrogens is 2. The number of rotatable bonds is 6. The van der Waals surface area contributed by atoms with Crippen molar-refractivity contribution in [1.82, 2.24) is 14.5 Å². The van der Waals surface area contributed by atoms with Crippen LogP contribution in [0.15, 0.2) is 47.4 Å². The van der Waals surface area contributed by atoms with E-state index in [1.807, 2.05) is 57.1 Å². The predicted octanol–water partition coefficient (Wildman–Crippen LogP) is 5.95. The first-order valence-electron chi connectivity index (χ1n) is 12.8. The highest BCUT2D eigenvalue weighted by Crippen LogP contribution is 2.45. The van der Waals surface area contributed by atoms with Gasteiger partial charge in [-0.2, -0.15) is 0 Å². The maximum Gasteiger partial charge on any atom is 0.307 e. The number of aryl methyl sites for hydroxylation is 2. The van der Waals surface area contributed by atoms with Gasteiger partial charge in [0.15, 0.2) is 0 Å². The molecule has 0 amide bonds. The van der Waals surface area contributed by atoms with Crippen LogP contribution < -0.4 is 4.31 Å². The number of nitrogens with zero attached hydrogens (tertiary/aromatic N) is 4. The van der Waals surface area contributed by atoms with Crippen LogP contribution in [0.1, 0.15) is 43.5 Å². The van der Waals surface area contributed by atoms with Crippen molar-refractivity contribution < 1.29 is 18.7 Å².